The quantitative estimate of drug-likeness (QED) is 0.729. The van der Waals surface area contributed by atoms with Crippen LogP contribution in [0, 0.1) is 5.92 Å². The number of aromatic nitrogens is 4. The summed E-state index contributed by atoms with van der Waals surface area (Å²) >= 11 is 0. The molecule has 0 aliphatic carbocycles. The van der Waals surface area contributed by atoms with Gasteiger partial charge in [-0.2, -0.15) is 0 Å². The van der Waals surface area contributed by atoms with Crippen molar-refractivity contribution in [1.82, 2.24) is 20.2 Å². The Hall–Kier alpha value is -2.04. The van der Waals surface area contributed by atoms with Crippen molar-refractivity contribution >= 4 is 5.78 Å². The summed E-state index contributed by atoms with van der Waals surface area (Å²) in [6.07, 6.45) is 0. The number of Topliss-reactive ketones (excluding diaryl/α,β-unsaturated/α-hetero) is 1. The first-order valence-electron chi connectivity index (χ1n) is 5.08. The second-order valence-corrected chi connectivity index (χ2v) is 3.76. The maximum atomic E-state index is 11.6. The fourth-order valence-electron chi connectivity index (χ4n) is 1.24. The molecule has 16 heavy (non-hydrogen) atoms. The lowest BCUT2D eigenvalue weighted by atomic mass is 10.1. The summed E-state index contributed by atoms with van der Waals surface area (Å²) in [6, 6.07) is 9.36. The van der Waals surface area contributed by atoms with Crippen LogP contribution in [0.3, 0.4) is 0 Å². The largest absolute Gasteiger partial charge is 0.290 e. The Morgan fingerprint density at radius 3 is 2.56 bits per heavy atom. The van der Waals surface area contributed by atoms with Crippen molar-refractivity contribution in [3.63, 3.8) is 0 Å². The van der Waals surface area contributed by atoms with Crippen LogP contribution in [0.1, 0.15) is 24.5 Å². The second kappa shape index (κ2) is 4.22. The number of tetrazole rings is 1. The lowest BCUT2D eigenvalue weighted by Gasteiger charge is -1.97. The molecule has 0 amide bonds. The number of nitrogens with zero attached hydrogens (tertiary/aromatic N) is 4. The van der Waals surface area contributed by atoms with E-state index in [1.165, 1.54) is 4.80 Å². The molecule has 0 aliphatic rings. The Bertz CT molecular complexity index is 490. The molecule has 0 bridgehead atoms. The Labute approximate surface area is 93.1 Å². The zero-order valence-electron chi connectivity index (χ0n) is 9.16. The minimum atomic E-state index is -0.117. The molecule has 5 heteroatoms. The Kier molecular flexibility index (Phi) is 2.76. The molecule has 0 N–H and O–H groups in total. The predicted molar refractivity (Wildman–Crippen MR) is 58.3 cm³/mol. The van der Waals surface area contributed by atoms with Gasteiger partial charge in [-0.25, -0.2) is 0 Å². The van der Waals surface area contributed by atoms with Crippen LogP contribution >= 0.6 is 0 Å². The summed E-state index contributed by atoms with van der Waals surface area (Å²) in [6.45, 7) is 3.62. The molecule has 0 spiro atoms. The molecule has 0 saturated carbocycles. The predicted octanol–water partition coefficient (Wildman–Crippen LogP) is 1.50. The first-order valence-corrected chi connectivity index (χ1v) is 5.08. The number of benzene rings is 1. The highest BCUT2D eigenvalue weighted by Gasteiger charge is 2.16. The molecule has 1 aromatic heterocycles. The zero-order valence-corrected chi connectivity index (χ0v) is 9.16. The molecule has 0 aliphatic heterocycles. The van der Waals surface area contributed by atoms with Crippen LogP contribution in [0.15, 0.2) is 30.3 Å². The van der Waals surface area contributed by atoms with E-state index in [4.69, 9.17) is 0 Å². The third-order valence-electron chi connectivity index (χ3n) is 2.15. The van der Waals surface area contributed by atoms with Gasteiger partial charge in [0, 0.05) is 5.92 Å². The fourth-order valence-corrected chi connectivity index (χ4v) is 1.24. The highest BCUT2D eigenvalue weighted by Crippen LogP contribution is 2.05. The highest BCUT2D eigenvalue weighted by atomic mass is 16.1. The monoisotopic (exact) mass is 216 g/mol. The maximum absolute atomic E-state index is 11.6. The van der Waals surface area contributed by atoms with Gasteiger partial charge >= 0.3 is 0 Å². The van der Waals surface area contributed by atoms with Crippen LogP contribution < -0.4 is 0 Å². The summed E-state index contributed by atoms with van der Waals surface area (Å²) in [5, 5.41) is 11.6. The zero-order chi connectivity index (χ0) is 11.5. The first-order chi connectivity index (χ1) is 7.68. The van der Waals surface area contributed by atoms with Gasteiger partial charge in [0.1, 0.15) is 0 Å². The van der Waals surface area contributed by atoms with Gasteiger partial charge in [-0.3, -0.25) is 4.79 Å². The number of hydrogen-bond donors (Lipinski definition) is 0. The van der Waals surface area contributed by atoms with E-state index in [-0.39, 0.29) is 17.5 Å². The van der Waals surface area contributed by atoms with Crippen LogP contribution in [0.2, 0.25) is 0 Å². The summed E-state index contributed by atoms with van der Waals surface area (Å²) in [4.78, 5) is 13.0. The summed E-state index contributed by atoms with van der Waals surface area (Å²) in [7, 11) is 0. The number of carbonyl (C=O) groups is 1. The van der Waals surface area contributed by atoms with Crippen LogP contribution in [-0.4, -0.2) is 26.0 Å². The molecule has 0 fully saturated rings. The molecule has 0 unspecified atom stereocenters. The minimum Gasteiger partial charge on any atom is -0.290 e. The van der Waals surface area contributed by atoms with Gasteiger partial charge in [0.05, 0.1) is 5.69 Å². The van der Waals surface area contributed by atoms with Gasteiger partial charge in [0.25, 0.3) is 0 Å². The lowest BCUT2D eigenvalue weighted by molar-refractivity contribution is 0.0928. The number of carbonyl (C=O) groups excluding carboxylic acids is 1. The third kappa shape index (κ3) is 1.98. The summed E-state index contributed by atoms with van der Waals surface area (Å²) in [5.74, 6) is -0.0468. The van der Waals surface area contributed by atoms with Gasteiger partial charge < -0.3 is 0 Å². The standard InChI is InChI=1S/C11H12N4O/c1-8(2)10(16)11-12-14-15(13-11)9-6-4-3-5-7-9/h3-8H,1-2H3. The normalized spacial score (nSPS) is 10.7. The number of rotatable bonds is 3. The molecule has 0 radical (unpaired) electrons. The van der Waals surface area contributed by atoms with Crippen LogP contribution in [0.25, 0.3) is 5.69 Å². The number of ketones is 1. The van der Waals surface area contributed by atoms with Crippen molar-refractivity contribution in [1.29, 1.82) is 0 Å². The van der Waals surface area contributed by atoms with E-state index in [0.29, 0.717) is 0 Å². The highest BCUT2D eigenvalue weighted by molar-refractivity contribution is 5.93. The maximum Gasteiger partial charge on any atom is 0.241 e. The molecule has 1 heterocycles. The van der Waals surface area contributed by atoms with E-state index < -0.39 is 0 Å². The Morgan fingerprint density at radius 2 is 1.94 bits per heavy atom. The van der Waals surface area contributed by atoms with E-state index in [1.54, 1.807) is 0 Å². The average Bonchev–Trinajstić information content (AvgIpc) is 2.78. The van der Waals surface area contributed by atoms with E-state index in [2.05, 4.69) is 15.4 Å². The average molecular weight is 216 g/mol. The van der Waals surface area contributed by atoms with Crippen molar-refractivity contribution < 1.29 is 4.79 Å². The molecule has 0 atom stereocenters. The molecule has 1 aromatic carbocycles. The van der Waals surface area contributed by atoms with Crippen LogP contribution in [0.5, 0.6) is 0 Å². The number of hydrogen-bond acceptors (Lipinski definition) is 4. The second-order valence-electron chi connectivity index (χ2n) is 3.76. The van der Waals surface area contributed by atoms with Crippen molar-refractivity contribution in [3.8, 4) is 5.69 Å². The first kappa shape index (κ1) is 10.5. The van der Waals surface area contributed by atoms with Gasteiger partial charge in [0.2, 0.25) is 11.6 Å². The van der Waals surface area contributed by atoms with Crippen LogP contribution in [-0.2, 0) is 0 Å². The van der Waals surface area contributed by atoms with E-state index in [0.717, 1.165) is 5.69 Å². The summed E-state index contributed by atoms with van der Waals surface area (Å²) in [5.41, 5.74) is 0.790. The lowest BCUT2D eigenvalue weighted by Crippen LogP contribution is -2.10. The SMILES string of the molecule is CC(C)C(=O)c1nnn(-c2ccccc2)n1. The molecule has 2 aromatic rings. The smallest absolute Gasteiger partial charge is 0.241 e. The fraction of sp³-hybridized carbons (Fsp3) is 0.273. The van der Waals surface area contributed by atoms with Crippen molar-refractivity contribution in [2.75, 3.05) is 0 Å². The summed E-state index contributed by atoms with van der Waals surface area (Å²) < 4.78 is 0. The van der Waals surface area contributed by atoms with Gasteiger partial charge in [0.15, 0.2) is 0 Å². The Morgan fingerprint density at radius 1 is 1.25 bits per heavy atom. The third-order valence-corrected chi connectivity index (χ3v) is 2.15. The van der Waals surface area contributed by atoms with Crippen LogP contribution in [0.4, 0.5) is 0 Å². The number of para-hydroxylation sites is 1. The van der Waals surface area contributed by atoms with E-state index >= 15 is 0 Å². The van der Waals surface area contributed by atoms with Gasteiger partial charge in [-0.1, -0.05) is 32.0 Å². The van der Waals surface area contributed by atoms with E-state index in [1.807, 2.05) is 44.2 Å². The van der Waals surface area contributed by atoms with Crippen molar-refractivity contribution in [3.05, 3.63) is 36.2 Å². The van der Waals surface area contributed by atoms with Gasteiger partial charge in [-0.15, -0.1) is 15.0 Å². The molecule has 2 rings (SSSR count). The molecular weight excluding hydrogens is 204 g/mol. The van der Waals surface area contributed by atoms with E-state index in [9.17, 15) is 4.79 Å². The minimum absolute atomic E-state index is 0.0952. The van der Waals surface area contributed by atoms with Gasteiger partial charge in [-0.05, 0) is 17.3 Å². The van der Waals surface area contributed by atoms with Crippen molar-refractivity contribution in [2.24, 2.45) is 5.92 Å². The molecule has 0 saturated heterocycles. The Balaban J connectivity index is 2.30. The molecular formula is C11H12N4O. The molecule has 5 nitrogen and oxygen atoms in total. The topological polar surface area (TPSA) is 60.7 Å². The molecule has 82 valence electrons. The van der Waals surface area contributed by atoms with Crippen molar-refractivity contribution in [2.45, 2.75) is 13.8 Å².